The summed E-state index contributed by atoms with van der Waals surface area (Å²) in [7, 11) is 0. The fourth-order valence-electron chi connectivity index (χ4n) is 2.61. The molecule has 0 unspecified atom stereocenters. The van der Waals surface area contributed by atoms with Crippen molar-refractivity contribution < 1.29 is 0 Å². The second-order valence-electron chi connectivity index (χ2n) is 4.95. The topological polar surface area (TPSA) is 24.9 Å². The molecule has 3 aromatic rings. The van der Waals surface area contributed by atoms with Gasteiger partial charge in [0.05, 0.1) is 22.5 Å². The molecule has 2 heteroatoms. The molecule has 0 saturated heterocycles. The molecule has 0 fully saturated rings. The van der Waals surface area contributed by atoms with Crippen molar-refractivity contribution in [2.24, 2.45) is 0 Å². The summed E-state index contributed by atoms with van der Waals surface area (Å²) in [5.74, 6) is 0. The number of pyridine rings is 1. The van der Waals surface area contributed by atoms with Crippen LogP contribution in [0.3, 0.4) is 0 Å². The summed E-state index contributed by atoms with van der Waals surface area (Å²) in [6.45, 7) is 0. The maximum atomic E-state index is 4.48. The number of nitrogens with zero attached hydrogens (tertiary/aromatic N) is 1. The normalized spacial score (nSPS) is 12.0. The monoisotopic (exact) mass is 269 g/mol. The maximum Gasteiger partial charge on any atom is 0.178 e. The van der Waals surface area contributed by atoms with Crippen molar-refractivity contribution in [2.75, 3.05) is 5.32 Å². The van der Waals surface area contributed by atoms with Gasteiger partial charge >= 0.3 is 0 Å². The predicted molar refractivity (Wildman–Crippen MR) is 87.7 cm³/mol. The molecule has 2 nitrogen and oxygen atoms in total. The quantitative estimate of drug-likeness (QED) is 0.723. The smallest absolute Gasteiger partial charge is 0.178 e. The van der Waals surface area contributed by atoms with Crippen molar-refractivity contribution in [3.8, 4) is 0 Å². The molecule has 0 aliphatic heterocycles. The van der Waals surface area contributed by atoms with Gasteiger partial charge in [0.25, 0.3) is 0 Å². The van der Waals surface area contributed by atoms with Crippen molar-refractivity contribution in [2.45, 2.75) is 0 Å². The first-order chi connectivity index (χ1) is 10.4. The SMILES string of the molecule is [C+]1=c2c(Nc3cccc4cccnc34)cccc2=CC=C1. The van der Waals surface area contributed by atoms with E-state index in [9.17, 15) is 0 Å². The lowest BCUT2D eigenvalue weighted by atomic mass is 10.1. The van der Waals surface area contributed by atoms with Gasteiger partial charge in [-0.05, 0) is 24.3 Å². The van der Waals surface area contributed by atoms with Gasteiger partial charge in [-0.1, -0.05) is 18.2 Å². The Morgan fingerprint density at radius 1 is 0.905 bits per heavy atom. The number of nitrogens with one attached hydrogen (secondary N) is 1. The van der Waals surface area contributed by atoms with Crippen LogP contribution in [0.25, 0.3) is 23.1 Å². The van der Waals surface area contributed by atoms with Crippen LogP contribution in [0.2, 0.25) is 0 Å². The molecule has 1 aromatic heterocycles. The van der Waals surface area contributed by atoms with Gasteiger partial charge in [0, 0.05) is 35.9 Å². The molecule has 1 aliphatic rings. The summed E-state index contributed by atoms with van der Waals surface area (Å²) in [4.78, 5) is 4.48. The molecule has 21 heavy (non-hydrogen) atoms. The van der Waals surface area contributed by atoms with Crippen LogP contribution >= 0.6 is 0 Å². The molecule has 2 aromatic carbocycles. The molecule has 0 spiro atoms. The average molecular weight is 269 g/mol. The third-order valence-electron chi connectivity index (χ3n) is 3.60. The Labute approximate surface area is 122 Å². The molecule has 98 valence electrons. The van der Waals surface area contributed by atoms with Gasteiger partial charge in [-0.3, -0.25) is 4.98 Å². The van der Waals surface area contributed by atoms with Crippen LogP contribution in [0.1, 0.15) is 0 Å². The Hall–Kier alpha value is -2.96. The third kappa shape index (κ3) is 2.08. The van der Waals surface area contributed by atoms with Gasteiger partial charge in [0.2, 0.25) is 0 Å². The number of anilines is 2. The highest BCUT2D eigenvalue weighted by molar-refractivity contribution is 5.92. The first-order valence-electron chi connectivity index (χ1n) is 6.92. The van der Waals surface area contributed by atoms with Crippen molar-refractivity contribution in [3.05, 3.63) is 77.3 Å². The molecule has 0 saturated carbocycles. The van der Waals surface area contributed by atoms with E-state index in [1.54, 1.807) is 0 Å². The highest BCUT2D eigenvalue weighted by atomic mass is 14.9. The van der Waals surface area contributed by atoms with Crippen molar-refractivity contribution in [1.82, 2.24) is 4.98 Å². The standard InChI is InChI=1S/C19H13N2/c1-2-10-16-14(6-1)7-3-11-17(16)21-18-12-4-8-15-9-5-13-20-19(15)18/h1-9,11-13,21H/q+1. The minimum Gasteiger partial charge on any atom is -0.312 e. The summed E-state index contributed by atoms with van der Waals surface area (Å²) >= 11 is 0. The average Bonchev–Trinajstić information content (AvgIpc) is 2.56. The van der Waals surface area contributed by atoms with E-state index in [0.29, 0.717) is 0 Å². The van der Waals surface area contributed by atoms with Crippen LogP contribution in [-0.2, 0) is 0 Å². The Morgan fingerprint density at radius 3 is 2.76 bits per heavy atom. The van der Waals surface area contributed by atoms with E-state index in [1.165, 1.54) is 5.22 Å². The second-order valence-corrected chi connectivity index (χ2v) is 4.95. The van der Waals surface area contributed by atoms with Crippen molar-refractivity contribution in [1.29, 1.82) is 0 Å². The number of fused-ring (bicyclic) bond motifs is 2. The van der Waals surface area contributed by atoms with Crippen molar-refractivity contribution in [3.63, 3.8) is 0 Å². The lowest BCUT2D eigenvalue weighted by Gasteiger charge is -2.07. The van der Waals surface area contributed by atoms with Crippen LogP contribution in [-0.4, -0.2) is 4.98 Å². The molecule has 4 rings (SSSR count). The van der Waals surface area contributed by atoms with Crippen LogP contribution in [0.15, 0.2) is 66.9 Å². The first kappa shape index (κ1) is 11.8. The van der Waals surface area contributed by atoms with Crippen LogP contribution in [0.5, 0.6) is 0 Å². The molecule has 1 N–H and O–H groups in total. The molecular formula is C19H13N2+. The largest absolute Gasteiger partial charge is 0.312 e. The lowest BCUT2D eigenvalue weighted by molar-refractivity contribution is 1.39. The summed E-state index contributed by atoms with van der Waals surface area (Å²) < 4.78 is 0. The van der Waals surface area contributed by atoms with Gasteiger partial charge in [0.1, 0.15) is 5.69 Å². The zero-order valence-corrected chi connectivity index (χ0v) is 11.4. The Balaban J connectivity index is 1.88. The fraction of sp³-hybridized carbons (Fsp3) is 0. The number of rotatable bonds is 2. The molecule has 1 heterocycles. The summed E-state index contributed by atoms with van der Waals surface area (Å²) in [5.41, 5.74) is 3.04. The van der Waals surface area contributed by atoms with Gasteiger partial charge in [-0.15, -0.1) is 0 Å². The van der Waals surface area contributed by atoms with E-state index < -0.39 is 0 Å². The Bertz CT molecular complexity index is 963. The van der Waals surface area contributed by atoms with Crippen molar-refractivity contribution >= 4 is 34.4 Å². The third-order valence-corrected chi connectivity index (χ3v) is 3.60. The van der Waals surface area contributed by atoms with Crippen LogP contribution in [0, 0.1) is 0 Å². The van der Waals surface area contributed by atoms with E-state index in [-0.39, 0.29) is 0 Å². The minimum atomic E-state index is 0.980. The van der Waals surface area contributed by atoms with Gasteiger partial charge < -0.3 is 5.32 Å². The van der Waals surface area contributed by atoms with E-state index >= 15 is 0 Å². The Morgan fingerprint density at radius 2 is 1.76 bits per heavy atom. The first-order valence-corrected chi connectivity index (χ1v) is 6.92. The summed E-state index contributed by atoms with van der Waals surface area (Å²) in [6, 6.07) is 16.4. The molecular weight excluding hydrogens is 256 g/mol. The maximum absolute atomic E-state index is 4.48. The van der Waals surface area contributed by atoms with Crippen LogP contribution in [0.4, 0.5) is 11.4 Å². The van der Waals surface area contributed by atoms with Gasteiger partial charge in [0.15, 0.2) is 5.22 Å². The van der Waals surface area contributed by atoms with Gasteiger partial charge in [-0.2, -0.15) is 0 Å². The highest BCUT2D eigenvalue weighted by Gasteiger charge is 2.09. The number of benzene rings is 2. The Kier molecular flexibility index (Phi) is 2.74. The summed E-state index contributed by atoms with van der Waals surface area (Å²) in [5, 5.41) is 6.89. The number of para-hydroxylation sites is 1. The fourth-order valence-corrected chi connectivity index (χ4v) is 2.61. The molecule has 0 amide bonds. The minimum absolute atomic E-state index is 0.980. The molecule has 1 aliphatic carbocycles. The highest BCUT2D eigenvalue weighted by Crippen LogP contribution is 2.22. The predicted octanol–water partition coefficient (Wildman–Crippen LogP) is 2.99. The number of aromatic nitrogens is 1. The second kappa shape index (κ2) is 4.86. The summed E-state index contributed by atoms with van der Waals surface area (Å²) in [6.07, 6.45) is 11.2. The van der Waals surface area contributed by atoms with E-state index in [4.69, 9.17) is 0 Å². The zero-order valence-electron chi connectivity index (χ0n) is 11.4. The number of hydrogen-bond donors (Lipinski definition) is 1. The lowest BCUT2D eigenvalue weighted by Crippen LogP contribution is -2.27. The number of hydrogen-bond acceptors (Lipinski definition) is 2. The molecule has 0 atom stereocenters. The molecule has 0 bridgehead atoms. The molecule has 0 radical (unpaired) electrons. The van der Waals surface area contributed by atoms with Crippen LogP contribution < -0.4 is 15.8 Å². The van der Waals surface area contributed by atoms with E-state index in [2.05, 4.69) is 58.9 Å². The van der Waals surface area contributed by atoms with E-state index in [0.717, 1.165) is 27.5 Å². The zero-order chi connectivity index (χ0) is 14.1. The van der Waals surface area contributed by atoms with E-state index in [1.807, 2.05) is 30.5 Å². The van der Waals surface area contributed by atoms with Gasteiger partial charge in [-0.25, -0.2) is 0 Å². The number of allylic oxidation sites excluding steroid dienone is 2.